The van der Waals surface area contributed by atoms with Crippen molar-refractivity contribution in [2.45, 2.75) is 26.4 Å². The van der Waals surface area contributed by atoms with Crippen LogP contribution < -0.4 is 5.32 Å². The first kappa shape index (κ1) is 17.1. The van der Waals surface area contributed by atoms with E-state index in [1.165, 1.54) is 18.3 Å². The lowest BCUT2D eigenvalue weighted by Gasteiger charge is -2.08. The van der Waals surface area contributed by atoms with Gasteiger partial charge in [-0.3, -0.25) is 9.78 Å². The lowest BCUT2D eigenvalue weighted by molar-refractivity contribution is 0.0757. The average Bonchev–Trinajstić information content (AvgIpc) is 2.54. The van der Waals surface area contributed by atoms with Crippen molar-refractivity contribution in [3.63, 3.8) is 0 Å². The van der Waals surface area contributed by atoms with Gasteiger partial charge >= 0.3 is 0 Å². The molecule has 1 heterocycles. The van der Waals surface area contributed by atoms with Crippen molar-refractivity contribution >= 4 is 5.91 Å². The molecule has 0 unspecified atom stereocenters. The summed E-state index contributed by atoms with van der Waals surface area (Å²) < 4.78 is 18.6. The van der Waals surface area contributed by atoms with Crippen LogP contribution in [0.1, 0.15) is 30.6 Å². The molecule has 1 amide bonds. The third-order valence-corrected chi connectivity index (χ3v) is 3.20. The summed E-state index contributed by atoms with van der Waals surface area (Å²) in [6.07, 6.45) is 2.46. The lowest BCUT2D eigenvalue weighted by atomic mass is 10.1. The van der Waals surface area contributed by atoms with E-state index in [1.807, 2.05) is 13.8 Å². The van der Waals surface area contributed by atoms with Crippen LogP contribution >= 0.6 is 0 Å². The van der Waals surface area contributed by atoms with Crippen LogP contribution in [0, 0.1) is 5.82 Å². The van der Waals surface area contributed by atoms with Crippen LogP contribution in [0.2, 0.25) is 0 Å². The third-order valence-electron chi connectivity index (χ3n) is 3.20. The molecule has 0 bridgehead atoms. The molecule has 0 aliphatic carbocycles. The molecule has 4 nitrogen and oxygen atoms in total. The maximum absolute atomic E-state index is 13.2. The highest BCUT2D eigenvalue weighted by molar-refractivity contribution is 5.94. The molecule has 0 fully saturated rings. The molecule has 0 atom stereocenters. The van der Waals surface area contributed by atoms with Gasteiger partial charge < -0.3 is 10.1 Å². The fraction of sp³-hybridized carbons (Fsp3) is 0.333. The van der Waals surface area contributed by atoms with Crippen LogP contribution in [-0.4, -0.2) is 30.1 Å². The second kappa shape index (κ2) is 8.39. The van der Waals surface area contributed by atoms with Crippen molar-refractivity contribution in [2.24, 2.45) is 0 Å². The average molecular weight is 316 g/mol. The monoisotopic (exact) mass is 316 g/mol. The zero-order valence-electron chi connectivity index (χ0n) is 13.4. The van der Waals surface area contributed by atoms with E-state index in [0.717, 1.165) is 6.42 Å². The Kier molecular flexibility index (Phi) is 6.23. The number of ether oxygens (including phenoxy) is 1. The fourth-order valence-electron chi connectivity index (χ4n) is 2.04. The zero-order chi connectivity index (χ0) is 16.7. The van der Waals surface area contributed by atoms with E-state index in [4.69, 9.17) is 4.74 Å². The van der Waals surface area contributed by atoms with Crippen LogP contribution in [0.15, 0.2) is 42.6 Å². The summed E-state index contributed by atoms with van der Waals surface area (Å²) in [5.41, 5.74) is 1.80. The largest absolute Gasteiger partial charge is 0.379 e. The summed E-state index contributed by atoms with van der Waals surface area (Å²) in [6, 6.07) is 9.61. The number of carbonyl (C=O) groups excluding carboxylic acids is 1. The number of amides is 1. The van der Waals surface area contributed by atoms with Crippen LogP contribution in [0.5, 0.6) is 0 Å². The van der Waals surface area contributed by atoms with Gasteiger partial charge in [-0.15, -0.1) is 0 Å². The standard InChI is InChI=1S/C18H21FN2O2/c1-13(2)23-10-4-9-20-18(22)15-7-8-17(21-12-15)14-5-3-6-16(19)11-14/h3,5-8,11-13H,4,9-10H2,1-2H3,(H,20,22). The molecule has 2 rings (SSSR count). The van der Waals surface area contributed by atoms with E-state index in [9.17, 15) is 9.18 Å². The molecule has 23 heavy (non-hydrogen) atoms. The van der Waals surface area contributed by atoms with Crippen molar-refractivity contribution in [3.8, 4) is 11.3 Å². The van der Waals surface area contributed by atoms with Crippen molar-refractivity contribution in [3.05, 3.63) is 54.0 Å². The zero-order valence-corrected chi connectivity index (χ0v) is 13.4. The quantitative estimate of drug-likeness (QED) is 0.796. The topological polar surface area (TPSA) is 51.2 Å². The third kappa shape index (κ3) is 5.45. The Morgan fingerprint density at radius 1 is 1.30 bits per heavy atom. The molecule has 0 aliphatic heterocycles. The lowest BCUT2D eigenvalue weighted by Crippen LogP contribution is -2.25. The van der Waals surface area contributed by atoms with E-state index in [-0.39, 0.29) is 17.8 Å². The highest BCUT2D eigenvalue weighted by atomic mass is 19.1. The predicted octanol–water partition coefficient (Wildman–Crippen LogP) is 3.43. The maximum atomic E-state index is 13.2. The fourth-order valence-corrected chi connectivity index (χ4v) is 2.04. The van der Waals surface area contributed by atoms with E-state index in [1.54, 1.807) is 24.3 Å². The maximum Gasteiger partial charge on any atom is 0.252 e. The van der Waals surface area contributed by atoms with Crippen LogP contribution in [0.25, 0.3) is 11.3 Å². The summed E-state index contributed by atoms with van der Waals surface area (Å²) in [6.45, 7) is 5.13. The molecule has 5 heteroatoms. The molecule has 0 spiro atoms. The van der Waals surface area contributed by atoms with Crippen molar-refractivity contribution < 1.29 is 13.9 Å². The molecular weight excluding hydrogens is 295 g/mol. The van der Waals surface area contributed by atoms with Gasteiger partial charge in [-0.25, -0.2) is 4.39 Å². The number of carbonyl (C=O) groups is 1. The first-order valence-corrected chi connectivity index (χ1v) is 7.68. The number of halogens is 1. The molecule has 1 aromatic carbocycles. The van der Waals surface area contributed by atoms with E-state index < -0.39 is 0 Å². The number of pyridine rings is 1. The van der Waals surface area contributed by atoms with Gasteiger partial charge in [0.25, 0.3) is 5.91 Å². The van der Waals surface area contributed by atoms with Gasteiger partial charge in [0.1, 0.15) is 5.82 Å². The molecule has 0 saturated carbocycles. The molecule has 1 N–H and O–H groups in total. The van der Waals surface area contributed by atoms with Gasteiger partial charge in [0.05, 0.1) is 17.4 Å². The Balaban J connectivity index is 1.88. The Morgan fingerprint density at radius 2 is 2.13 bits per heavy atom. The number of nitrogens with zero attached hydrogens (tertiary/aromatic N) is 1. The van der Waals surface area contributed by atoms with Crippen molar-refractivity contribution in [1.29, 1.82) is 0 Å². The molecular formula is C18H21FN2O2. The van der Waals surface area contributed by atoms with Gasteiger partial charge in [-0.2, -0.15) is 0 Å². The van der Waals surface area contributed by atoms with E-state index in [2.05, 4.69) is 10.3 Å². The first-order valence-electron chi connectivity index (χ1n) is 7.68. The number of benzene rings is 1. The van der Waals surface area contributed by atoms with Gasteiger partial charge in [0.2, 0.25) is 0 Å². The Bertz CT molecular complexity index is 642. The predicted molar refractivity (Wildman–Crippen MR) is 87.7 cm³/mol. The van der Waals surface area contributed by atoms with Crippen LogP contribution in [0.4, 0.5) is 4.39 Å². The number of nitrogens with one attached hydrogen (secondary N) is 1. The van der Waals surface area contributed by atoms with Crippen LogP contribution in [0.3, 0.4) is 0 Å². The number of hydrogen-bond donors (Lipinski definition) is 1. The molecule has 0 saturated heterocycles. The van der Waals surface area contributed by atoms with E-state index >= 15 is 0 Å². The minimum Gasteiger partial charge on any atom is -0.379 e. The molecule has 122 valence electrons. The highest BCUT2D eigenvalue weighted by Crippen LogP contribution is 2.17. The summed E-state index contributed by atoms with van der Waals surface area (Å²) in [5, 5.41) is 2.82. The van der Waals surface area contributed by atoms with Crippen molar-refractivity contribution in [1.82, 2.24) is 10.3 Å². The minimum atomic E-state index is -0.310. The number of aromatic nitrogens is 1. The summed E-state index contributed by atoms with van der Waals surface area (Å²) in [5.74, 6) is -0.484. The minimum absolute atomic E-state index is 0.173. The van der Waals surface area contributed by atoms with Gasteiger partial charge in [-0.05, 0) is 44.5 Å². The van der Waals surface area contributed by atoms with Crippen LogP contribution in [-0.2, 0) is 4.74 Å². The molecule has 1 aromatic heterocycles. The van der Waals surface area contributed by atoms with Crippen molar-refractivity contribution in [2.75, 3.05) is 13.2 Å². The number of rotatable bonds is 7. The smallest absolute Gasteiger partial charge is 0.252 e. The molecule has 2 aromatic rings. The van der Waals surface area contributed by atoms with Gasteiger partial charge in [0.15, 0.2) is 0 Å². The normalized spacial score (nSPS) is 10.8. The summed E-state index contributed by atoms with van der Waals surface area (Å²) in [4.78, 5) is 16.2. The Hall–Kier alpha value is -2.27. The summed E-state index contributed by atoms with van der Waals surface area (Å²) >= 11 is 0. The molecule has 0 aliphatic rings. The second-order valence-electron chi connectivity index (χ2n) is 5.47. The Labute approximate surface area is 135 Å². The summed E-state index contributed by atoms with van der Waals surface area (Å²) in [7, 11) is 0. The van der Waals surface area contributed by atoms with Gasteiger partial charge in [-0.1, -0.05) is 12.1 Å². The van der Waals surface area contributed by atoms with E-state index in [0.29, 0.717) is 30.0 Å². The first-order chi connectivity index (χ1) is 11.1. The number of hydrogen-bond acceptors (Lipinski definition) is 3. The SMILES string of the molecule is CC(C)OCCCNC(=O)c1ccc(-c2cccc(F)c2)nc1. The highest BCUT2D eigenvalue weighted by Gasteiger charge is 2.07. The molecule has 0 radical (unpaired) electrons. The Morgan fingerprint density at radius 3 is 2.78 bits per heavy atom. The van der Waals surface area contributed by atoms with Gasteiger partial charge in [0, 0.05) is 24.9 Å². The second-order valence-corrected chi connectivity index (χ2v) is 5.47.